The molecule has 1 atom stereocenters. The molecule has 0 radical (unpaired) electrons. The van der Waals surface area contributed by atoms with Crippen molar-refractivity contribution in [2.75, 3.05) is 25.0 Å². The lowest BCUT2D eigenvalue weighted by atomic mass is 10.1. The second-order valence-electron chi connectivity index (χ2n) is 6.53. The number of hydrogen-bond donors (Lipinski definition) is 3. The fraction of sp³-hybridized carbons (Fsp3) is 0.556. The Bertz CT molecular complexity index is 755. The molecule has 0 saturated carbocycles. The third-order valence-electron chi connectivity index (χ3n) is 4.55. The maximum Gasteiger partial charge on any atom is 0.243 e. The first-order valence-corrected chi connectivity index (χ1v) is 10.7. The van der Waals surface area contributed by atoms with Crippen LogP contribution < -0.4 is 16.4 Å². The normalized spacial score (nSPS) is 17.4. The Kier molecular flexibility index (Phi) is 9.88. The van der Waals surface area contributed by atoms with Gasteiger partial charge in [-0.05, 0) is 37.1 Å². The fourth-order valence-corrected chi connectivity index (χ4v) is 4.73. The third kappa shape index (κ3) is 6.44. The number of carbonyl (C=O) groups excluding carboxylic acids is 2. The molecule has 0 aliphatic carbocycles. The minimum atomic E-state index is -3.68. The second-order valence-corrected chi connectivity index (χ2v) is 8.42. The van der Waals surface area contributed by atoms with Gasteiger partial charge in [-0.25, -0.2) is 8.42 Å². The Labute approximate surface area is 172 Å². The molecule has 1 aliphatic rings. The van der Waals surface area contributed by atoms with Gasteiger partial charge in [-0.3, -0.25) is 9.59 Å². The maximum atomic E-state index is 13.1. The highest BCUT2D eigenvalue weighted by Crippen LogP contribution is 2.26. The smallest absolute Gasteiger partial charge is 0.243 e. The van der Waals surface area contributed by atoms with E-state index >= 15 is 0 Å². The molecule has 158 valence electrons. The lowest BCUT2D eigenvalue weighted by molar-refractivity contribution is -0.121. The number of benzene rings is 1. The van der Waals surface area contributed by atoms with Crippen LogP contribution in [0.15, 0.2) is 29.2 Å². The van der Waals surface area contributed by atoms with Gasteiger partial charge in [0.2, 0.25) is 21.8 Å². The summed E-state index contributed by atoms with van der Waals surface area (Å²) in [6, 6.07) is 5.90. The summed E-state index contributed by atoms with van der Waals surface area (Å²) in [6.07, 6.45) is 2.99. The summed E-state index contributed by atoms with van der Waals surface area (Å²) in [7, 11) is -3.68. The topological polar surface area (TPSA) is 122 Å². The van der Waals surface area contributed by atoms with Gasteiger partial charge in [-0.15, -0.1) is 12.4 Å². The number of nitrogens with two attached hydrogens (primary N) is 1. The second kappa shape index (κ2) is 11.4. The number of halogens is 1. The minimum absolute atomic E-state index is 0. The molecule has 0 spiro atoms. The van der Waals surface area contributed by atoms with E-state index in [-0.39, 0.29) is 54.7 Å². The number of anilines is 1. The van der Waals surface area contributed by atoms with Crippen molar-refractivity contribution < 1.29 is 18.0 Å². The van der Waals surface area contributed by atoms with Gasteiger partial charge in [0.25, 0.3) is 0 Å². The van der Waals surface area contributed by atoms with E-state index in [1.165, 1.54) is 16.4 Å². The van der Waals surface area contributed by atoms with Gasteiger partial charge in [0.05, 0.1) is 4.90 Å². The molecular weight excluding hydrogens is 404 g/mol. The van der Waals surface area contributed by atoms with Crippen LogP contribution in [0, 0.1) is 0 Å². The van der Waals surface area contributed by atoms with E-state index < -0.39 is 10.0 Å². The number of piperidine rings is 1. The molecule has 0 aromatic heterocycles. The summed E-state index contributed by atoms with van der Waals surface area (Å²) in [5.74, 6) is -0.300. The van der Waals surface area contributed by atoms with E-state index in [0.29, 0.717) is 25.1 Å². The van der Waals surface area contributed by atoms with Crippen LogP contribution in [0.1, 0.15) is 39.0 Å². The quantitative estimate of drug-likeness (QED) is 0.574. The van der Waals surface area contributed by atoms with Gasteiger partial charge in [-0.1, -0.05) is 13.3 Å². The molecule has 28 heavy (non-hydrogen) atoms. The predicted molar refractivity (Wildman–Crippen MR) is 111 cm³/mol. The monoisotopic (exact) mass is 432 g/mol. The van der Waals surface area contributed by atoms with E-state index in [2.05, 4.69) is 10.6 Å². The summed E-state index contributed by atoms with van der Waals surface area (Å²) in [6.45, 7) is 2.72. The molecule has 1 heterocycles. The Balaban J connectivity index is 0.00000392. The fourth-order valence-electron chi connectivity index (χ4n) is 3.04. The van der Waals surface area contributed by atoms with Crippen molar-refractivity contribution in [2.24, 2.45) is 5.73 Å². The van der Waals surface area contributed by atoms with Crippen molar-refractivity contribution in [2.45, 2.75) is 50.0 Å². The average molecular weight is 433 g/mol. The number of nitrogens with zero attached hydrogens (tertiary/aromatic N) is 1. The van der Waals surface area contributed by atoms with Crippen molar-refractivity contribution in [1.29, 1.82) is 0 Å². The van der Waals surface area contributed by atoms with Crippen LogP contribution in [-0.2, 0) is 19.6 Å². The molecule has 2 rings (SSSR count). The average Bonchev–Trinajstić information content (AvgIpc) is 2.67. The Morgan fingerprint density at radius 3 is 2.46 bits per heavy atom. The van der Waals surface area contributed by atoms with Crippen molar-refractivity contribution in [3.05, 3.63) is 24.3 Å². The molecule has 1 aliphatic heterocycles. The van der Waals surface area contributed by atoms with Crippen LogP contribution in [0.4, 0.5) is 5.69 Å². The van der Waals surface area contributed by atoms with Crippen LogP contribution in [0.25, 0.3) is 0 Å². The number of carbonyl (C=O) groups is 2. The summed E-state index contributed by atoms with van der Waals surface area (Å²) in [4.78, 5) is 23.3. The van der Waals surface area contributed by atoms with E-state index in [0.717, 1.165) is 12.8 Å². The van der Waals surface area contributed by atoms with Gasteiger partial charge >= 0.3 is 0 Å². The van der Waals surface area contributed by atoms with Gasteiger partial charge in [0.1, 0.15) is 0 Å². The van der Waals surface area contributed by atoms with E-state index in [1.807, 2.05) is 0 Å². The highest BCUT2D eigenvalue weighted by atomic mass is 35.5. The SMILES string of the molecule is CCC(=O)Nc1ccc(S(=O)(=O)N2CCCCC2CNC(=O)CCN)cc1.Cl. The lowest BCUT2D eigenvalue weighted by Gasteiger charge is -2.34. The molecule has 0 bridgehead atoms. The number of rotatable bonds is 8. The number of nitrogens with one attached hydrogen (secondary N) is 2. The van der Waals surface area contributed by atoms with Crippen LogP contribution in [-0.4, -0.2) is 50.2 Å². The summed E-state index contributed by atoms with van der Waals surface area (Å²) >= 11 is 0. The zero-order valence-electron chi connectivity index (χ0n) is 16.0. The first kappa shape index (κ1) is 24.4. The van der Waals surface area contributed by atoms with Crippen molar-refractivity contribution in [1.82, 2.24) is 9.62 Å². The Morgan fingerprint density at radius 2 is 1.86 bits per heavy atom. The highest BCUT2D eigenvalue weighted by Gasteiger charge is 2.33. The molecule has 4 N–H and O–H groups in total. The molecule has 1 saturated heterocycles. The van der Waals surface area contributed by atoms with Crippen molar-refractivity contribution >= 4 is 39.9 Å². The Hall–Kier alpha value is -1.68. The summed E-state index contributed by atoms with van der Waals surface area (Å²) in [5.41, 5.74) is 5.93. The van der Waals surface area contributed by atoms with Crippen LogP contribution in [0.2, 0.25) is 0 Å². The molecule has 1 fully saturated rings. The maximum absolute atomic E-state index is 13.1. The zero-order valence-corrected chi connectivity index (χ0v) is 17.7. The van der Waals surface area contributed by atoms with Gasteiger partial charge in [0, 0.05) is 44.2 Å². The standard InChI is InChI=1S/C18H28N4O4S.ClH/c1-2-17(23)21-14-6-8-16(9-7-14)27(25,26)22-12-4-3-5-15(22)13-20-18(24)10-11-19;/h6-9,15H,2-5,10-13,19H2,1H3,(H,20,24)(H,21,23);1H. The van der Waals surface area contributed by atoms with Gasteiger partial charge in [-0.2, -0.15) is 4.31 Å². The van der Waals surface area contributed by atoms with Crippen LogP contribution in [0.5, 0.6) is 0 Å². The highest BCUT2D eigenvalue weighted by molar-refractivity contribution is 7.89. The minimum Gasteiger partial charge on any atom is -0.354 e. The molecule has 2 amide bonds. The third-order valence-corrected chi connectivity index (χ3v) is 6.51. The number of sulfonamides is 1. The largest absolute Gasteiger partial charge is 0.354 e. The number of hydrogen-bond acceptors (Lipinski definition) is 5. The summed E-state index contributed by atoms with van der Waals surface area (Å²) in [5, 5.41) is 5.47. The Morgan fingerprint density at radius 1 is 1.18 bits per heavy atom. The van der Waals surface area contributed by atoms with Crippen molar-refractivity contribution in [3.63, 3.8) is 0 Å². The molecular formula is C18H29ClN4O4S. The molecule has 8 nitrogen and oxygen atoms in total. The van der Waals surface area contributed by atoms with Crippen LogP contribution in [0.3, 0.4) is 0 Å². The first-order chi connectivity index (χ1) is 12.9. The van der Waals surface area contributed by atoms with Gasteiger partial charge in [0.15, 0.2) is 0 Å². The van der Waals surface area contributed by atoms with Crippen LogP contribution >= 0.6 is 12.4 Å². The first-order valence-electron chi connectivity index (χ1n) is 9.27. The molecule has 1 aromatic carbocycles. The van der Waals surface area contributed by atoms with E-state index in [4.69, 9.17) is 5.73 Å². The molecule has 1 aromatic rings. The number of amides is 2. The van der Waals surface area contributed by atoms with E-state index in [1.54, 1.807) is 19.1 Å². The van der Waals surface area contributed by atoms with Gasteiger partial charge < -0.3 is 16.4 Å². The van der Waals surface area contributed by atoms with E-state index in [9.17, 15) is 18.0 Å². The lowest BCUT2D eigenvalue weighted by Crippen LogP contribution is -2.49. The zero-order chi connectivity index (χ0) is 19.9. The van der Waals surface area contributed by atoms with Crippen molar-refractivity contribution in [3.8, 4) is 0 Å². The molecule has 1 unspecified atom stereocenters. The predicted octanol–water partition coefficient (Wildman–Crippen LogP) is 1.47. The molecule has 10 heteroatoms. The summed E-state index contributed by atoms with van der Waals surface area (Å²) < 4.78 is 27.6.